The molecule has 0 atom stereocenters. The van der Waals surface area contributed by atoms with Gasteiger partial charge in [0.1, 0.15) is 11.5 Å². The molecule has 2 aromatic rings. The number of halogens is 2. The first kappa shape index (κ1) is 22.2. The molecule has 150 valence electrons. The average molecular weight is 514 g/mol. The minimum Gasteiger partial charge on any atom is -0.493 e. The molecule has 0 saturated carbocycles. The van der Waals surface area contributed by atoms with E-state index in [1.165, 1.54) is 0 Å². The Morgan fingerprint density at radius 2 is 1.18 bits per heavy atom. The largest absolute Gasteiger partial charge is 0.493 e. The van der Waals surface area contributed by atoms with Crippen LogP contribution in [-0.4, -0.2) is 38.1 Å². The third kappa shape index (κ3) is 6.24. The summed E-state index contributed by atoms with van der Waals surface area (Å²) in [5.41, 5.74) is 1.02. The van der Waals surface area contributed by atoms with Crippen molar-refractivity contribution in [2.45, 2.75) is 13.8 Å². The second-order valence-electron chi connectivity index (χ2n) is 5.67. The molecule has 0 heterocycles. The second kappa shape index (κ2) is 11.1. The number of rotatable bonds is 9. The van der Waals surface area contributed by atoms with Gasteiger partial charge in [0.2, 0.25) is 0 Å². The Hall–Kier alpha value is -2.06. The highest BCUT2D eigenvalue weighted by Crippen LogP contribution is 2.26. The zero-order valence-corrected chi connectivity index (χ0v) is 18.9. The van der Waals surface area contributed by atoms with E-state index in [1.807, 2.05) is 13.8 Å². The highest BCUT2D eigenvalue weighted by molar-refractivity contribution is 9.10. The number of ether oxygens (including phenoxy) is 2. The van der Waals surface area contributed by atoms with Gasteiger partial charge in [-0.1, -0.05) is 0 Å². The van der Waals surface area contributed by atoms with Crippen LogP contribution in [0.5, 0.6) is 11.5 Å². The summed E-state index contributed by atoms with van der Waals surface area (Å²) in [6.07, 6.45) is 0. The smallest absolute Gasteiger partial charge is 0.251 e. The number of nitrogens with one attached hydrogen (secondary N) is 2. The lowest BCUT2D eigenvalue weighted by molar-refractivity contribution is 0.0927. The average Bonchev–Trinajstić information content (AvgIpc) is 2.68. The van der Waals surface area contributed by atoms with Crippen molar-refractivity contribution in [3.05, 3.63) is 56.5 Å². The summed E-state index contributed by atoms with van der Waals surface area (Å²) < 4.78 is 12.3. The summed E-state index contributed by atoms with van der Waals surface area (Å²) in [5.74, 6) is 0.935. The van der Waals surface area contributed by atoms with Crippen LogP contribution in [0.4, 0.5) is 0 Å². The predicted molar refractivity (Wildman–Crippen MR) is 115 cm³/mol. The van der Waals surface area contributed by atoms with E-state index < -0.39 is 0 Å². The first-order valence-electron chi connectivity index (χ1n) is 8.87. The van der Waals surface area contributed by atoms with E-state index >= 15 is 0 Å². The van der Waals surface area contributed by atoms with E-state index in [1.54, 1.807) is 36.4 Å². The lowest BCUT2D eigenvalue weighted by Gasteiger charge is -2.10. The Morgan fingerprint density at radius 3 is 1.50 bits per heavy atom. The van der Waals surface area contributed by atoms with Crippen molar-refractivity contribution in [2.75, 3.05) is 26.3 Å². The molecule has 0 saturated heterocycles. The molecule has 0 aromatic heterocycles. The molecule has 6 nitrogen and oxygen atoms in total. The van der Waals surface area contributed by atoms with Crippen molar-refractivity contribution in [3.8, 4) is 11.5 Å². The fourth-order valence-electron chi connectivity index (χ4n) is 2.39. The molecule has 0 fully saturated rings. The lowest BCUT2D eigenvalue weighted by atomic mass is 10.2. The van der Waals surface area contributed by atoms with Gasteiger partial charge in [0, 0.05) is 24.2 Å². The van der Waals surface area contributed by atoms with Crippen LogP contribution in [0.2, 0.25) is 0 Å². The molecule has 2 rings (SSSR count). The lowest BCUT2D eigenvalue weighted by Crippen LogP contribution is -2.34. The first-order chi connectivity index (χ1) is 13.5. The Kier molecular flexibility index (Phi) is 8.79. The van der Waals surface area contributed by atoms with Crippen LogP contribution in [-0.2, 0) is 0 Å². The Balaban J connectivity index is 1.82. The zero-order valence-electron chi connectivity index (χ0n) is 15.7. The SMILES string of the molecule is CCOc1ccc(C(=O)NCCNC(=O)c2ccc(OCC)c(Br)c2)cc1Br. The van der Waals surface area contributed by atoms with Crippen molar-refractivity contribution in [2.24, 2.45) is 0 Å². The molecule has 8 heteroatoms. The van der Waals surface area contributed by atoms with Crippen molar-refractivity contribution in [1.82, 2.24) is 10.6 Å². The Bertz CT molecular complexity index is 773. The number of hydrogen-bond donors (Lipinski definition) is 2. The van der Waals surface area contributed by atoms with Crippen LogP contribution >= 0.6 is 31.9 Å². The van der Waals surface area contributed by atoms with Gasteiger partial charge in [-0.3, -0.25) is 9.59 Å². The maximum atomic E-state index is 12.2. The monoisotopic (exact) mass is 512 g/mol. The summed E-state index contributed by atoms with van der Waals surface area (Å²) in [4.78, 5) is 24.4. The van der Waals surface area contributed by atoms with Crippen molar-refractivity contribution in [1.29, 1.82) is 0 Å². The van der Waals surface area contributed by atoms with Crippen molar-refractivity contribution < 1.29 is 19.1 Å². The summed E-state index contributed by atoms with van der Waals surface area (Å²) >= 11 is 6.78. The van der Waals surface area contributed by atoms with Crippen LogP contribution in [0.1, 0.15) is 34.6 Å². The normalized spacial score (nSPS) is 10.3. The molecule has 2 amide bonds. The van der Waals surface area contributed by atoms with Crippen LogP contribution in [0, 0.1) is 0 Å². The molecule has 2 N–H and O–H groups in total. The molecule has 0 aliphatic carbocycles. The van der Waals surface area contributed by atoms with Gasteiger partial charge in [-0.25, -0.2) is 0 Å². The molecular formula is C20H22Br2N2O4. The molecule has 0 spiro atoms. The molecule has 0 aliphatic rings. The molecule has 0 radical (unpaired) electrons. The van der Waals surface area contributed by atoms with Gasteiger partial charge in [0.15, 0.2) is 0 Å². The summed E-state index contributed by atoms with van der Waals surface area (Å²) in [7, 11) is 0. The Morgan fingerprint density at radius 1 is 0.786 bits per heavy atom. The standard InChI is InChI=1S/C20H22Br2N2O4/c1-3-27-17-7-5-13(11-15(17)21)19(25)23-9-10-24-20(26)14-6-8-18(28-4-2)16(22)12-14/h5-8,11-12H,3-4,9-10H2,1-2H3,(H,23,25)(H,24,26). The quantitative estimate of drug-likeness (QED) is 0.493. The zero-order chi connectivity index (χ0) is 20.5. The fraction of sp³-hybridized carbons (Fsp3) is 0.300. The van der Waals surface area contributed by atoms with Crippen molar-refractivity contribution >= 4 is 43.7 Å². The maximum absolute atomic E-state index is 12.2. The molecule has 0 aliphatic heterocycles. The Labute approximate surface area is 181 Å². The van der Waals surface area contributed by atoms with Crippen LogP contribution in [0.15, 0.2) is 45.3 Å². The minimum absolute atomic E-state index is 0.221. The van der Waals surface area contributed by atoms with E-state index in [4.69, 9.17) is 9.47 Å². The third-order valence-electron chi connectivity index (χ3n) is 3.68. The summed E-state index contributed by atoms with van der Waals surface area (Å²) in [6, 6.07) is 10.3. The van der Waals surface area contributed by atoms with Gasteiger partial charge in [-0.05, 0) is 82.1 Å². The van der Waals surface area contributed by atoms with E-state index in [0.29, 0.717) is 48.9 Å². The third-order valence-corrected chi connectivity index (χ3v) is 4.92. The molecule has 2 aromatic carbocycles. The van der Waals surface area contributed by atoms with Gasteiger partial charge in [-0.2, -0.15) is 0 Å². The van der Waals surface area contributed by atoms with E-state index in [9.17, 15) is 9.59 Å². The van der Waals surface area contributed by atoms with Gasteiger partial charge in [-0.15, -0.1) is 0 Å². The minimum atomic E-state index is -0.221. The number of amides is 2. The van der Waals surface area contributed by atoms with Crippen molar-refractivity contribution in [3.63, 3.8) is 0 Å². The van der Waals surface area contributed by atoms with Gasteiger partial charge in [0.25, 0.3) is 11.8 Å². The molecular weight excluding hydrogens is 492 g/mol. The molecule has 0 bridgehead atoms. The number of carbonyl (C=O) groups is 2. The van der Waals surface area contributed by atoms with Gasteiger partial charge >= 0.3 is 0 Å². The first-order valence-corrected chi connectivity index (χ1v) is 10.5. The van der Waals surface area contributed by atoms with E-state index in [-0.39, 0.29) is 11.8 Å². The van der Waals surface area contributed by atoms with Gasteiger partial charge in [0.05, 0.1) is 22.2 Å². The predicted octanol–water partition coefficient (Wildman–Crippen LogP) is 4.17. The highest BCUT2D eigenvalue weighted by atomic mass is 79.9. The molecule has 28 heavy (non-hydrogen) atoms. The number of carbonyl (C=O) groups excluding carboxylic acids is 2. The van der Waals surface area contributed by atoms with Crippen LogP contribution in [0.25, 0.3) is 0 Å². The fourth-order valence-corrected chi connectivity index (χ4v) is 3.37. The van der Waals surface area contributed by atoms with Crippen LogP contribution in [0.3, 0.4) is 0 Å². The summed E-state index contributed by atoms with van der Waals surface area (Å²) in [5, 5.41) is 5.55. The van der Waals surface area contributed by atoms with Gasteiger partial charge < -0.3 is 20.1 Å². The number of hydrogen-bond acceptors (Lipinski definition) is 4. The number of benzene rings is 2. The van der Waals surface area contributed by atoms with Crippen LogP contribution < -0.4 is 20.1 Å². The topological polar surface area (TPSA) is 76.7 Å². The second-order valence-corrected chi connectivity index (χ2v) is 7.38. The van der Waals surface area contributed by atoms with E-state index in [0.717, 1.165) is 8.95 Å². The highest BCUT2D eigenvalue weighted by Gasteiger charge is 2.11. The van der Waals surface area contributed by atoms with E-state index in [2.05, 4.69) is 42.5 Å². The molecule has 0 unspecified atom stereocenters. The summed E-state index contributed by atoms with van der Waals surface area (Å²) in [6.45, 7) is 5.52. The maximum Gasteiger partial charge on any atom is 0.251 e.